The lowest BCUT2D eigenvalue weighted by molar-refractivity contribution is -0.124. The lowest BCUT2D eigenvalue weighted by Gasteiger charge is -2.35. The number of amides is 1. The zero-order valence-corrected chi connectivity index (χ0v) is 21.3. The number of hydrogen-bond acceptors (Lipinski definition) is 6. The summed E-state index contributed by atoms with van der Waals surface area (Å²) in [5.74, 6) is 0.811. The number of fused-ring (bicyclic) bond motifs is 1. The first-order valence-corrected chi connectivity index (χ1v) is 12.9. The van der Waals surface area contributed by atoms with Crippen LogP contribution in [0.5, 0.6) is 0 Å². The molecule has 1 saturated carbocycles. The van der Waals surface area contributed by atoms with E-state index in [-0.39, 0.29) is 11.4 Å². The number of nitrogens with zero attached hydrogens (tertiary/aromatic N) is 4. The summed E-state index contributed by atoms with van der Waals surface area (Å²) in [6.07, 6.45) is 9.22. The summed E-state index contributed by atoms with van der Waals surface area (Å²) in [6, 6.07) is 12.6. The summed E-state index contributed by atoms with van der Waals surface area (Å²) in [6.45, 7) is 3.30. The number of allylic oxidation sites excluding steroid dienone is 3. The largest absolute Gasteiger partial charge is 0.454 e. The van der Waals surface area contributed by atoms with Gasteiger partial charge in [-0.25, -0.2) is 0 Å². The first-order valence-electron chi connectivity index (χ1n) is 12.9. The Morgan fingerprint density at radius 2 is 1.92 bits per heavy atom. The van der Waals surface area contributed by atoms with Crippen LogP contribution in [0.25, 0.3) is 27.8 Å². The van der Waals surface area contributed by atoms with Gasteiger partial charge in [0.1, 0.15) is 11.3 Å². The lowest BCUT2D eigenvalue weighted by atomic mass is 9.93. The molecular formula is C30H30N4O3. The highest BCUT2D eigenvalue weighted by molar-refractivity contribution is 5.95. The van der Waals surface area contributed by atoms with Crippen LogP contribution in [-0.2, 0) is 15.1 Å². The molecule has 0 radical (unpaired) electrons. The summed E-state index contributed by atoms with van der Waals surface area (Å²) in [4.78, 5) is 20.9. The molecule has 0 N–H and O–H groups in total. The van der Waals surface area contributed by atoms with Crippen molar-refractivity contribution in [1.82, 2.24) is 14.8 Å². The van der Waals surface area contributed by atoms with Gasteiger partial charge in [-0.05, 0) is 54.5 Å². The van der Waals surface area contributed by atoms with Crippen molar-refractivity contribution in [2.75, 3.05) is 40.4 Å². The number of carbonyl (C=O) groups excluding carboxylic acids is 1. The van der Waals surface area contributed by atoms with Gasteiger partial charge in [0.2, 0.25) is 5.91 Å². The molecule has 0 atom stereocenters. The van der Waals surface area contributed by atoms with E-state index in [0.717, 1.165) is 90.2 Å². The molecule has 1 amide bonds. The third-order valence-electron chi connectivity index (χ3n) is 7.85. The Kier molecular flexibility index (Phi) is 5.94. The van der Waals surface area contributed by atoms with Crippen molar-refractivity contribution in [3.63, 3.8) is 0 Å². The van der Waals surface area contributed by atoms with Gasteiger partial charge in [0.25, 0.3) is 0 Å². The topological polar surface area (TPSA) is 82.6 Å². The SMILES string of the molecule is CN(C)C(=O)C1=CC=C(c2cc3nccc(-c4ccc(C5(N6CCOCC6)CC5)c(C#N)c4)c3o2)CC1. The van der Waals surface area contributed by atoms with E-state index < -0.39 is 0 Å². The van der Waals surface area contributed by atoms with Crippen LogP contribution in [0.15, 0.2) is 58.7 Å². The fourth-order valence-electron chi connectivity index (χ4n) is 5.71. The minimum absolute atomic E-state index is 0.0351. The number of likely N-dealkylation sites (N-methyl/N-ethyl adjacent to an activating group) is 1. The molecule has 188 valence electrons. The Labute approximate surface area is 216 Å². The number of hydrogen-bond donors (Lipinski definition) is 0. The average molecular weight is 495 g/mol. The van der Waals surface area contributed by atoms with Gasteiger partial charge in [0.15, 0.2) is 5.58 Å². The summed E-state index contributed by atoms with van der Waals surface area (Å²) >= 11 is 0. The van der Waals surface area contributed by atoms with Crippen LogP contribution in [0.1, 0.15) is 42.6 Å². The number of carbonyl (C=O) groups is 1. The average Bonchev–Trinajstić information content (AvgIpc) is 3.63. The molecule has 2 aromatic heterocycles. The molecule has 3 aliphatic rings. The van der Waals surface area contributed by atoms with Gasteiger partial charge < -0.3 is 14.1 Å². The van der Waals surface area contributed by atoms with Crippen molar-refractivity contribution >= 4 is 22.6 Å². The highest BCUT2D eigenvalue weighted by Crippen LogP contribution is 2.52. The van der Waals surface area contributed by atoms with E-state index in [2.05, 4.69) is 28.1 Å². The van der Waals surface area contributed by atoms with E-state index in [4.69, 9.17) is 9.15 Å². The van der Waals surface area contributed by atoms with E-state index in [0.29, 0.717) is 12.0 Å². The number of benzene rings is 1. The predicted molar refractivity (Wildman–Crippen MR) is 141 cm³/mol. The molecule has 1 aliphatic heterocycles. The number of aromatic nitrogens is 1. The van der Waals surface area contributed by atoms with Crippen LogP contribution in [0.2, 0.25) is 0 Å². The van der Waals surface area contributed by atoms with E-state index in [1.54, 1.807) is 25.2 Å². The summed E-state index contributed by atoms with van der Waals surface area (Å²) in [5.41, 5.74) is 7.02. The minimum atomic E-state index is -0.0351. The van der Waals surface area contributed by atoms with E-state index >= 15 is 0 Å². The Bertz CT molecular complexity index is 1480. The van der Waals surface area contributed by atoms with Gasteiger partial charge in [-0.15, -0.1) is 0 Å². The van der Waals surface area contributed by atoms with Crippen molar-refractivity contribution in [2.24, 2.45) is 0 Å². The normalized spacial score (nSPS) is 19.2. The Hall–Kier alpha value is -3.73. The van der Waals surface area contributed by atoms with Crippen molar-refractivity contribution < 1.29 is 13.9 Å². The maximum Gasteiger partial charge on any atom is 0.249 e. The molecule has 7 nitrogen and oxygen atoms in total. The van der Waals surface area contributed by atoms with Crippen molar-refractivity contribution in [3.8, 4) is 17.2 Å². The molecule has 2 aliphatic carbocycles. The fourth-order valence-corrected chi connectivity index (χ4v) is 5.71. The summed E-state index contributed by atoms with van der Waals surface area (Å²) in [7, 11) is 3.54. The lowest BCUT2D eigenvalue weighted by Crippen LogP contribution is -2.44. The smallest absolute Gasteiger partial charge is 0.249 e. The van der Waals surface area contributed by atoms with E-state index in [9.17, 15) is 10.1 Å². The molecule has 0 bridgehead atoms. The molecule has 3 heterocycles. The fraction of sp³-hybridized carbons (Fsp3) is 0.367. The number of morpholine rings is 1. The zero-order valence-electron chi connectivity index (χ0n) is 21.3. The highest BCUT2D eigenvalue weighted by Gasteiger charge is 2.50. The maximum absolute atomic E-state index is 12.3. The van der Waals surface area contributed by atoms with Crippen molar-refractivity contribution in [2.45, 2.75) is 31.2 Å². The Morgan fingerprint density at radius 1 is 1.11 bits per heavy atom. The predicted octanol–water partition coefficient (Wildman–Crippen LogP) is 4.88. The van der Waals surface area contributed by atoms with Gasteiger partial charge in [0, 0.05) is 56.1 Å². The van der Waals surface area contributed by atoms with Crippen LogP contribution in [-0.4, -0.2) is 61.1 Å². The van der Waals surface area contributed by atoms with Gasteiger partial charge >= 0.3 is 0 Å². The summed E-state index contributed by atoms with van der Waals surface area (Å²) in [5, 5.41) is 10.1. The van der Waals surface area contributed by atoms with Crippen LogP contribution < -0.4 is 0 Å². The first-order chi connectivity index (χ1) is 18.0. The molecule has 0 unspecified atom stereocenters. The van der Waals surface area contributed by atoms with Crippen LogP contribution in [0.3, 0.4) is 0 Å². The van der Waals surface area contributed by atoms with Gasteiger partial charge in [0.05, 0.1) is 24.8 Å². The third-order valence-corrected chi connectivity index (χ3v) is 7.85. The van der Waals surface area contributed by atoms with Gasteiger partial charge in [-0.3, -0.25) is 14.7 Å². The highest BCUT2D eigenvalue weighted by atomic mass is 16.5. The van der Waals surface area contributed by atoms with E-state index in [1.807, 2.05) is 30.4 Å². The monoisotopic (exact) mass is 494 g/mol. The zero-order chi connectivity index (χ0) is 25.6. The molecule has 3 aromatic rings. The van der Waals surface area contributed by atoms with Crippen molar-refractivity contribution in [1.29, 1.82) is 5.26 Å². The molecule has 1 saturated heterocycles. The quantitative estimate of drug-likeness (QED) is 0.503. The van der Waals surface area contributed by atoms with Crippen LogP contribution >= 0.6 is 0 Å². The Morgan fingerprint density at radius 3 is 2.59 bits per heavy atom. The second-order valence-electron chi connectivity index (χ2n) is 10.3. The molecule has 6 rings (SSSR count). The molecule has 1 aromatic carbocycles. The Balaban J connectivity index is 1.34. The van der Waals surface area contributed by atoms with Crippen molar-refractivity contribution in [3.05, 3.63) is 71.1 Å². The molecule has 7 heteroatoms. The van der Waals surface area contributed by atoms with Crippen LogP contribution in [0, 0.1) is 11.3 Å². The first kappa shape index (κ1) is 23.7. The maximum atomic E-state index is 12.3. The molecular weight excluding hydrogens is 464 g/mol. The second-order valence-corrected chi connectivity index (χ2v) is 10.3. The summed E-state index contributed by atoms with van der Waals surface area (Å²) < 4.78 is 11.9. The van der Waals surface area contributed by atoms with Gasteiger partial charge in [-0.2, -0.15) is 5.26 Å². The number of furan rings is 1. The molecule has 0 spiro atoms. The number of nitriles is 1. The number of pyridine rings is 1. The minimum Gasteiger partial charge on any atom is -0.454 e. The number of ether oxygens (including phenoxy) is 1. The molecule has 37 heavy (non-hydrogen) atoms. The second kappa shape index (κ2) is 9.29. The van der Waals surface area contributed by atoms with E-state index in [1.165, 1.54) is 0 Å². The number of rotatable bonds is 5. The standard InChI is InChI=1S/C30H30N4O3/c1-33(2)29(35)21-5-3-20(4-6-21)27-18-26-28(37-27)24(9-12-32-26)22-7-8-25(23(17-22)19-31)30(10-11-30)34-13-15-36-16-14-34/h3,5,7-9,12,17-18H,4,6,10-11,13-16H2,1-2H3. The molecule has 2 fully saturated rings. The third kappa shape index (κ3) is 4.16. The van der Waals surface area contributed by atoms with Crippen LogP contribution in [0.4, 0.5) is 0 Å². The van der Waals surface area contributed by atoms with Gasteiger partial charge in [-0.1, -0.05) is 24.3 Å².